The van der Waals surface area contributed by atoms with Gasteiger partial charge in [0.1, 0.15) is 5.01 Å². The van der Waals surface area contributed by atoms with Gasteiger partial charge in [-0.15, -0.1) is 11.3 Å². The normalized spacial score (nSPS) is 11.2. The van der Waals surface area contributed by atoms with E-state index in [9.17, 15) is 4.79 Å². The molecule has 7 heteroatoms. The van der Waals surface area contributed by atoms with Crippen LogP contribution in [-0.4, -0.2) is 24.6 Å². The topological polar surface area (TPSA) is 75.9 Å². The number of thiazole rings is 1. The SMILES string of the molecule is CCc1[nH]n2c(=O)cc(Cc3csc(-c4ccncc4)n3)nc2c1-c1ccccc1. The second-order valence-electron chi connectivity index (χ2n) is 6.99. The van der Waals surface area contributed by atoms with E-state index in [1.807, 2.05) is 47.8 Å². The summed E-state index contributed by atoms with van der Waals surface area (Å²) in [5.74, 6) is 0. The third kappa shape index (κ3) is 3.33. The highest BCUT2D eigenvalue weighted by atomic mass is 32.1. The van der Waals surface area contributed by atoms with Crippen LogP contribution in [0.2, 0.25) is 0 Å². The lowest BCUT2D eigenvalue weighted by Crippen LogP contribution is -2.16. The van der Waals surface area contributed by atoms with E-state index in [0.717, 1.165) is 39.5 Å². The predicted molar refractivity (Wildman–Crippen MR) is 119 cm³/mol. The smallest absolute Gasteiger partial charge is 0.272 e. The molecule has 0 aliphatic carbocycles. The molecule has 1 N–H and O–H groups in total. The molecule has 5 aromatic rings. The summed E-state index contributed by atoms with van der Waals surface area (Å²) in [5, 5.41) is 6.17. The number of hydrogen-bond acceptors (Lipinski definition) is 5. The maximum Gasteiger partial charge on any atom is 0.272 e. The molecule has 6 nitrogen and oxygen atoms in total. The van der Waals surface area contributed by atoms with Crippen molar-refractivity contribution < 1.29 is 0 Å². The van der Waals surface area contributed by atoms with Gasteiger partial charge in [0.15, 0.2) is 5.65 Å². The Morgan fingerprint density at radius 1 is 1.00 bits per heavy atom. The molecule has 1 aromatic carbocycles. The first-order valence-corrected chi connectivity index (χ1v) is 10.6. The summed E-state index contributed by atoms with van der Waals surface area (Å²) in [6.07, 6.45) is 4.81. The molecular formula is C23H19N5OS. The Balaban J connectivity index is 1.56. The van der Waals surface area contributed by atoms with Gasteiger partial charge in [-0.2, -0.15) is 0 Å². The summed E-state index contributed by atoms with van der Waals surface area (Å²) in [4.78, 5) is 26.4. The fourth-order valence-corrected chi connectivity index (χ4v) is 4.41. The van der Waals surface area contributed by atoms with Crippen molar-refractivity contribution in [1.82, 2.24) is 24.6 Å². The molecule has 0 saturated carbocycles. The molecule has 4 aromatic heterocycles. The first-order valence-electron chi connectivity index (χ1n) is 9.76. The van der Waals surface area contributed by atoms with Crippen molar-refractivity contribution in [3.05, 3.63) is 93.7 Å². The van der Waals surface area contributed by atoms with Crippen LogP contribution < -0.4 is 5.56 Å². The standard InChI is InChI=1S/C23H19N5OS/c1-2-19-21(15-6-4-3-5-7-15)22-25-17(13-20(29)28(22)27-19)12-18-14-30-23(26-18)16-8-10-24-11-9-16/h3-11,13-14,27H,2,12H2,1H3. The van der Waals surface area contributed by atoms with Gasteiger partial charge in [-0.1, -0.05) is 37.3 Å². The number of aromatic amines is 1. The summed E-state index contributed by atoms with van der Waals surface area (Å²) in [7, 11) is 0. The Bertz CT molecular complexity index is 1370. The molecule has 0 aliphatic rings. The average molecular weight is 414 g/mol. The number of aromatic nitrogens is 5. The molecule has 5 rings (SSSR count). The summed E-state index contributed by atoms with van der Waals surface area (Å²) in [5.41, 5.74) is 6.21. The fourth-order valence-electron chi connectivity index (χ4n) is 3.59. The maximum atomic E-state index is 12.8. The Morgan fingerprint density at radius 3 is 2.57 bits per heavy atom. The largest absolute Gasteiger partial charge is 0.293 e. The molecule has 0 aliphatic heterocycles. The third-order valence-corrected chi connectivity index (χ3v) is 5.94. The van der Waals surface area contributed by atoms with Gasteiger partial charge < -0.3 is 0 Å². The lowest BCUT2D eigenvalue weighted by molar-refractivity contribution is 0.846. The Morgan fingerprint density at radius 2 is 1.80 bits per heavy atom. The average Bonchev–Trinajstić information content (AvgIpc) is 3.40. The van der Waals surface area contributed by atoms with Crippen LogP contribution in [0.3, 0.4) is 0 Å². The lowest BCUT2D eigenvalue weighted by Gasteiger charge is -2.03. The van der Waals surface area contributed by atoms with Gasteiger partial charge in [0, 0.05) is 47.1 Å². The Kier molecular flexibility index (Phi) is 4.72. The fraction of sp³-hybridized carbons (Fsp3) is 0.130. The minimum Gasteiger partial charge on any atom is -0.293 e. The van der Waals surface area contributed by atoms with Gasteiger partial charge in [-0.25, -0.2) is 14.5 Å². The van der Waals surface area contributed by atoms with E-state index in [4.69, 9.17) is 9.97 Å². The van der Waals surface area contributed by atoms with Crippen molar-refractivity contribution in [2.45, 2.75) is 19.8 Å². The first kappa shape index (κ1) is 18.4. The molecule has 0 amide bonds. The quantitative estimate of drug-likeness (QED) is 0.464. The number of nitrogens with one attached hydrogen (secondary N) is 1. The summed E-state index contributed by atoms with van der Waals surface area (Å²) >= 11 is 1.58. The monoisotopic (exact) mass is 413 g/mol. The van der Waals surface area contributed by atoms with E-state index in [1.165, 1.54) is 4.52 Å². The van der Waals surface area contributed by atoms with Crippen molar-refractivity contribution >= 4 is 17.0 Å². The summed E-state index contributed by atoms with van der Waals surface area (Å²) < 4.78 is 1.54. The minimum atomic E-state index is -0.114. The Labute approximate surface area is 176 Å². The molecule has 0 unspecified atom stereocenters. The van der Waals surface area contributed by atoms with Crippen LogP contribution in [0.4, 0.5) is 0 Å². The van der Waals surface area contributed by atoms with Crippen molar-refractivity contribution in [3.63, 3.8) is 0 Å². The lowest BCUT2D eigenvalue weighted by atomic mass is 10.0. The van der Waals surface area contributed by atoms with E-state index < -0.39 is 0 Å². The molecule has 0 spiro atoms. The second kappa shape index (κ2) is 7.68. The van der Waals surface area contributed by atoms with Crippen LogP contribution in [0.25, 0.3) is 27.3 Å². The highest BCUT2D eigenvalue weighted by Gasteiger charge is 2.16. The maximum absolute atomic E-state index is 12.8. The summed E-state index contributed by atoms with van der Waals surface area (Å²) in [6.45, 7) is 2.07. The number of aryl methyl sites for hydroxylation is 1. The van der Waals surface area contributed by atoms with E-state index in [0.29, 0.717) is 17.8 Å². The van der Waals surface area contributed by atoms with Crippen LogP contribution in [-0.2, 0) is 12.8 Å². The van der Waals surface area contributed by atoms with Gasteiger partial charge in [0.2, 0.25) is 0 Å². The van der Waals surface area contributed by atoms with E-state index in [1.54, 1.807) is 29.8 Å². The minimum absolute atomic E-state index is 0.114. The predicted octanol–water partition coefficient (Wildman–Crippen LogP) is 4.36. The van der Waals surface area contributed by atoms with Gasteiger partial charge in [0.25, 0.3) is 5.56 Å². The number of rotatable bonds is 5. The molecule has 0 radical (unpaired) electrons. The van der Waals surface area contributed by atoms with Crippen LogP contribution in [0.1, 0.15) is 24.0 Å². The molecule has 30 heavy (non-hydrogen) atoms. The molecule has 0 saturated heterocycles. The van der Waals surface area contributed by atoms with Crippen molar-refractivity contribution in [2.75, 3.05) is 0 Å². The zero-order chi connectivity index (χ0) is 20.5. The molecule has 4 heterocycles. The first-order chi connectivity index (χ1) is 14.7. The third-order valence-electron chi connectivity index (χ3n) is 5.00. The highest BCUT2D eigenvalue weighted by Crippen LogP contribution is 2.28. The van der Waals surface area contributed by atoms with Crippen LogP contribution >= 0.6 is 11.3 Å². The number of H-pyrrole nitrogens is 1. The van der Waals surface area contributed by atoms with Crippen molar-refractivity contribution in [1.29, 1.82) is 0 Å². The second-order valence-corrected chi connectivity index (χ2v) is 7.84. The van der Waals surface area contributed by atoms with E-state index >= 15 is 0 Å². The zero-order valence-corrected chi connectivity index (χ0v) is 17.2. The van der Waals surface area contributed by atoms with Crippen LogP contribution in [0.5, 0.6) is 0 Å². The molecule has 0 fully saturated rings. The van der Waals surface area contributed by atoms with E-state index in [-0.39, 0.29) is 5.56 Å². The molecule has 148 valence electrons. The van der Waals surface area contributed by atoms with Gasteiger partial charge in [0.05, 0.1) is 11.4 Å². The number of hydrogen-bond donors (Lipinski definition) is 1. The van der Waals surface area contributed by atoms with Crippen molar-refractivity contribution in [3.8, 4) is 21.7 Å². The van der Waals surface area contributed by atoms with Gasteiger partial charge >= 0.3 is 0 Å². The van der Waals surface area contributed by atoms with Crippen LogP contribution in [0, 0.1) is 0 Å². The van der Waals surface area contributed by atoms with E-state index in [2.05, 4.69) is 17.0 Å². The molecule has 0 bridgehead atoms. The van der Waals surface area contributed by atoms with Gasteiger partial charge in [-0.05, 0) is 24.1 Å². The van der Waals surface area contributed by atoms with Crippen LogP contribution in [0.15, 0.2) is 71.1 Å². The zero-order valence-electron chi connectivity index (χ0n) is 16.4. The number of pyridine rings is 1. The summed E-state index contributed by atoms with van der Waals surface area (Å²) in [6, 6.07) is 15.5. The molecular weight excluding hydrogens is 394 g/mol. The van der Waals surface area contributed by atoms with Gasteiger partial charge in [-0.3, -0.25) is 14.9 Å². The highest BCUT2D eigenvalue weighted by molar-refractivity contribution is 7.13. The number of benzene rings is 1. The number of fused-ring (bicyclic) bond motifs is 1. The van der Waals surface area contributed by atoms with Crippen molar-refractivity contribution in [2.24, 2.45) is 0 Å². The number of nitrogens with zero attached hydrogens (tertiary/aromatic N) is 4. The molecule has 0 atom stereocenters. The Hall–Kier alpha value is -3.58.